The number of rotatable bonds is 7. The van der Waals surface area contributed by atoms with Crippen LogP contribution >= 0.6 is 24.0 Å². The maximum atomic E-state index is 5.31. The number of pyridine rings is 1. The van der Waals surface area contributed by atoms with E-state index in [9.17, 15) is 0 Å². The zero-order chi connectivity index (χ0) is 21.5. The van der Waals surface area contributed by atoms with Gasteiger partial charge < -0.3 is 20.1 Å². The van der Waals surface area contributed by atoms with Crippen LogP contribution in [0.15, 0.2) is 58.2 Å². The van der Waals surface area contributed by atoms with Crippen LogP contribution in [0.5, 0.6) is 0 Å². The summed E-state index contributed by atoms with van der Waals surface area (Å²) < 4.78 is 5.31. The molecule has 0 spiro atoms. The Kier molecular flexibility index (Phi) is 8.83. The topological polar surface area (TPSA) is 91.5 Å². The van der Waals surface area contributed by atoms with Gasteiger partial charge in [0.2, 0.25) is 0 Å². The Labute approximate surface area is 205 Å². The molecule has 32 heavy (non-hydrogen) atoms. The number of hydrogen-bond donors (Lipinski definition) is 2. The minimum atomic E-state index is 0. The molecule has 0 radical (unpaired) electrons. The minimum Gasteiger partial charge on any atom is -0.372 e. The van der Waals surface area contributed by atoms with E-state index < -0.39 is 0 Å². The smallest absolute Gasteiger partial charge is 0.276 e. The van der Waals surface area contributed by atoms with Crippen LogP contribution in [0.25, 0.3) is 11.6 Å². The summed E-state index contributed by atoms with van der Waals surface area (Å²) in [6.45, 7) is 5.08. The fourth-order valence-corrected chi connectivity index (χ4v) is 3.69. The molecule has 1 unspecified atom stereocenters. The van der Waals surface area contributed by atoms with Crippen molar-refractivity contribution in [2.75, 3.05) is 31.6 Å². The lowest BCUT2D eigenvalue weighted by Gasteiger charge is -2.22. The van der Waals surface area contributed by atoms with Gasteiger partial charge in [0.15, 0.2) is 11.8 Å². The summed E-state index contributed by atoms with van der Waals surface area (Å²) in [5, 5.41) is 10.8. The fourth-order valence-electron chi connectivity index (χ4n) is 3.69. The Morgan fingerprint density at radius 1 is 1.19 bits per heavy atom. The average molecular weight is 547 g/mol. The summed E-state index contributed by atoms with van der Waals surface area (Å²) in [6, 6.07) is 14.5. The first-order valence-corrected chi connectivity index (χ1v) is 10.8. The second-order valence-corrected chi connectivity index (χ2v) is 7.63. The lowest BCUT2D eigenvalue weighted by atomic mass is 10.1. The number of anilines is 1. The summed E-state index contributed by atoms with van der Waals surface area (Å²) in [4.78, 5) is 15.4. The van der Waals surface area contributed by atoms with E-state index in [1.54, 1.807) is 13.2 Å². The molecular formula is C23H30IN7O. The highest BCUT2D eigenvalue weighted by Crippen LogP contribution is 2.24. The molecule has 1 aliphatic heterocycles. The number of aliphatic imine (C=N–C) groups is 1. The summed E-state index contributed by atoms with van der Waals surface area (Å²) in [7, 11) is 1.77. The monoisotopic (exact) mass is 547 g/mol. The van der Waals surface area contributed by atoms with Crippen molar-refractivity contribution in [3.05, 3.63) is 60.0 Å². The van der Waals surface area contributed by atoms with Crippen molar-refractivity contribution < 1.29 is 4.52 Å². The van der Waals surface area contributed by atoms with Crippen LogP contribution in [0, 0.1) is 0 Å². The van der Waals surface area contributed by atoms with Gasteiger partial charge in [0.1, 0.15) is 5.69 Å². The van der Waals surface area contributed by atoms with Crippen LogP contribution in [-0.4, -0.2) is 47.8 Å². The molecule has 2 aromatic heterocycles. The molecule has 1 fully saturated rings. The molecule has 0 bridgehead atoms. The van der Waals surface area contributed by atoms with Crippen LogP contribution < -0.4 is 15.5 Å². The van der Waals surface area contributed by atoms with E-state index in [4.69, 9.17) is 4.52 Å². The number of hydrogen-bond acceptors (Lipinski definition) is 6. The Hall–Kier alpha value is -2.69. The van der Waals surface area contributed by atoms with Gasteiger partial charge in [0.05, 0.1) is 6.04 Å². The molecule has 1 atom stereocenters. The first kappa shape index (κ1) is 24.0. The number of nitrogens with one attached hydrogen (secondary N) is 2. The zero-order valence-corrected chi connectivity index (χ0v) is 20.8. The highest BCUT2D eigenvalue weighted by molar-refractivity contribution is 14.0. The third-order valence-electron chi connectivity index (χ3n) is 5.41. The van der Waals surface area contributed by atoms with Crippen molar-refractivity contribution >= 4 is 35.6 Å². The van der Waals surface area contributed by atoms with Gasteiger partial charge in [-0.1, -0.05) is 23.4 Å². The van der Waals surface area contributed by atoms with Gasteiger partial charge in [-0.25, -0.2) is 0 Å². The van der Waals surface area contributed by atoms with Crippen LogP contribution in [0.3, 0.4) is 0 Å². The molecular weight excluding hydrogens is 517 g/mol. The van der Waals surface area contributed by atoms with E-state index in [0.29, 0.717) is 30.4 Å². The van der Waals surface area contributed by atoms with E-state index in [1.807, 2.05) is 18.2 Å². The highest BCUT2D eigenvalue weighted by Gasteiger charge is 2.15. The second-order valence-electron chi connectivity index (χ2n) is 7.63. The standard InChI is InChI=1S/C23H29N7O.HI/c1-17(18-8-7-9-19(16-18)30-14-5-6-15-30)27-23(24-2)26-13-11-21-28-22(31-29-21)20-10-3-4-12-25-20;/h3-4,7-10,12,16-17H,5-6,11,13-15H2,1-2H3,(H2,24,26,27);1H. The summed E-state index contributed by atoms with van der Waals surface area (Å²) in [5.41, 5.74) is 3.22. The van der Waals surface area contributed by atoms with Gasteiger partial charge >= 0.3 is 0 Å². The Balaban J connectivity index is 0.00000289. The summed E-state index contributed by atoms with van der Waals surface area (Å²) >= 11 is 0. The molecule has 0 saturated carbocycles. The van der Waals surface area contributed by atoms with Crippen LogP contribution in [-0.2, 0) is 6.42 Å². The fraction of sp³-hybridized carbons (Fsp3) is 0.391. The molecule has 4 rings (SSSR count). The SMILES string of the molecule is CN=C(NCCc1noc(-c2ccccn2)n1)NC(C)c1cccc(N2CCCC2)c1.I. The molecule has 1 saturated heterocycles. The largest absolute Gasteiger partial charge is 0.372 e. The molecule has 1 aliphatic rings. The molecule has 3 heterocycles. The Morgan fingerprint density at radius 3 is 2.78 bits per heavy atom. The number of nitrogens with zero attached hydrogens (tertiary/aromatic N) is 5. The van der Waals surface area contributed by atoms with Crippen molar-refractivity contribution in [1.82, 2.24) is 25.8 Å². The summed E-state index contributed by atoms with van der Waals surface area (Å²) in [5.74, 6) is 1.81. The van der Waals surface area contributed by atoms with Gasteiger partial charge in [-0.05, 0) is 49.6 Å². The third kappa shape index (κ3) is 6.18. The first-order valence-electron chi connectivity index (χ1n) is 10.8. The van der Waals surface area contributed by atoms with Crippen molar-refractivity contribution in [3.63, 3.8) is 0 Å². The first-order chi connectivity index (χ1) is 15.2. The maximum Gasteiger partial charge on any atom is 0.276 e. The van der Waals surface area contributed by atoms with E-state index in [1.165, 1.54) is 24.1 Å². The molecule has 0 amide bonds. The minimum absolute atomic E-state index is 0. The second kappa shape index (κ2) is 11.8. The maximum absolute atomic E-state index is 5.31. The normalized spacial score (nSPS) is 14.7. The molecule has 3 aromatic rings. The Bertz CT molecular complexity index is 1000. The summed E-state index contributed by atoms with van der Waals surface area (Å²) in [6.07, 6.45) is 4.88. The van der Waals surface area contributed by atoms with Crippen LogP contribution in [0.2, 0.25) is 0 Å². The van der Waals surface area contributed by atoms with Gasteiger partial charge in [0.25, 0.3) is 5.89 Å². The van der Waals surface area contributed by atoms with Gasteiger partial charge in [-0.3, -0.25) is 9.98 Å². The van der Waals surface area contributed by atoms with Gasteiger partial charge in [-0.15, -0.1) is 24.0 Å². The van der Waals surface area contributed by atoms with E-state index >= 15 is 0 Å². The number of benzene rings is 1. The lowest BCUT2D eigenvalue weighted by molar-refractivity contribution is 0.421. The molecule has 8 nitrogen and oxygen atoms in total. The number of halogens is 1. The van der Waals surface area contributed by atoms with Crippen molar-refractivity contribution in [1.29, 1.82) is 0 Å². The molecule has 170 valence electrons. The van der Waals surface area contributed by atoms with Crippen LogP contribution in [0.1, 0.15) is 37.2 Å². The van der Waals surface area contributed by atoms with Gasteiger partial charge in [0, 0.05) is 45.0 Å². The van der Waals surface area contributed by atoms with E-state index in [-0.39, 0.29) is 30.0 Å². The highest BCUT2D eigenvalue weighted by atomic mass is 127. The average Bonchev–Trinajstić information content (AvgIpc) is 3.52. The Morgan fingerprint density at radius 2 is 2.03 bits per heavy atom. The lowest BCUT2D eigenvalue weighted by Crippen LogP contribution is -2.39. The number of guanidine groups is 1. The molecule has 2 N–H and O–H groups in total. The van der Waals surface area contributed by atoms with E-state index in [2.05, 4.69) is 66.8 Å². The van der Waals surface area contributed by atoms with Crippen molar-refractivity contribution in [2.45, 2.75) is 32.2 Å². The predicted molar refractivity (Wildman–Crippen MR) is 137 cm³/mol. The van der Waals surface area contributed by atoms with Crippen molar-refractivity contribution in [2.24, 2.45) is 4.99 Å². The predicted octanol–water partition coefficient (Wildman–Crippen LogP) is 3.82. The van der Waals surface area contributed by atoms with Crippen molar-refractivity contribution in [3.8, 4) is 11.6 Å². The molecule has 0 aliphatic carbocycles. The van der Waals surface area contributed by atoms with Crippen LogP contribution in [0.4, 0.5) is 5.69 Å². The quantitative estimate of drug-likeness (QED) is 0.264. The number of aromatic nitrogens is 3. The van der Waals surface area contributed by atoms with E-state index in [0.717, 1.165) is 19.0 Å². The zero-order valence-electron chi connectivity index (χ0n) is 18.5. The molecule has 1 aromatic carbocycles. The third-order valence-corrected chi connectivity index (χ3v) is 5.41. The van der Waals surface area contributed by atoms with Gasteiger partial charge in [-0.2, -0.15) is 4.98 Å². The molecule has 9 heteroatoms.